The summed E-state index contributed by atoms with van der Waals surface area (Å²) in [6, 6.07) is 7.73. The third kappa shape index (κ3) is 6.06. The van der Waals surface area contributed by atoms with Crippen LogP contribution in [-0.4, -0.2) is 27.5 Å². The van der Waals surface area contributed by atoms with Crippen molar-refractivity contribution in [1.29, 1.82) is 0 Å². The summed E-state index contributed by atoms with van der Waals surface area (Å²) < 4.78 is 12.3. The van der Waals surface area contributed by atoms with Gasteiger partial charge < -0.3 is 9.16 Å². The van der Waals surface area contributed by atoms with Crippen LogP contribution in [0.5, 0.6) is 0 Å². The predicted octanol–water partition coefficient (Wildman–Crippen LogP) is 4.89. The summed E-state index contributed by atoms with van der Waals surface area (Å²) in [5.41, 5.74) is 0.902. The Morgan fingerprint density at radius 3 is 2.32 bits per heavy atom. The van der Waals surface area contributed by atoms with E-state index in [-0.39, 0.29) is 12.1 Å². The minimum atomic E-state index is -1.80. The van der Waals surface area contributed by atoms with E-state index in [0.717, 1.165) is 16.5 Å². The summed E-state index contributed by atoms with van der Waals surface area (Å²) in [6.07, 6.45) is 4.63. The summed E-state index contributed by atoms with van der Waals surface area (Å²) in [7, 11) is -0.384. The lowest BCUT2D eigenvalue weighted by Gasteiger charge is -2.29. The number of methoxy groups -OCH3 is 1. The van der Waals surface area contributed by atoms with E-state index in [1.165, 1.54) is 7.11 Å². The zero-order valence-electron chi connectivity index (χ0n) is 13.9. The molecule has 0 saturated carbocycles. The Morgan fingerprint density at radius 1 is 1.27 bits per heavy atom. The first kappa shape index (κ1) is 19.1. The van der Waals surface area contributed by atoms with Crippen LogP contribution in [0.1, 0.15) is 24.8 Å². The predicted molar refractivity (Wildman–Crippen MR) is 96.5 cm³/mol. The molecule has 3 nitrogen and oxygen atoms in total. The van der Waals surface area contributed by atoms with Crippen LogP contribution in [0.3, 0.4) is 0 Å². The fourth-order valence-corrected chi connectivity index (χ4v) is 3.45. The summed E-state index contributed by atoms with van der Waals surface area (Å²) in [5.74, 6) is -0.723. The molecule has 0 aromatic heterocycles. The van der Waals surface area contributed by atoms with Gasteiger partial charge >= 0.3 is 5.97 Å². The Labute approximate surface area is 143 Å². The first-order valence-corrected chi connectivity index (χ1v) is 11.7. The lowest BCUT2D eigenvalue weighted by atomic mass is 9.93. The summed E-state index contributed by atoms with van der Waals surface area (Å²) >= 11 is 3.42. The van der Waals surface area contributed by atoms with Gasteiger partial charge in [-0.1, -0.05) is 47.1 Å². The molecule has 1 rings (SSSR count). The van der Waals surface area contributed by atoms with Crippen molar-refractivity contribution in [3.63, 3.8) is 0 Å². The zero-order chi connectivity index (χ0) is 16.8. The number of rotatable bonds is 7. The van der Waals surface area contributed by atoms with Crippen molar-refractivity contribution in [1.82, 2.24) is 0 Å². The van der Waals surface area contributed by atoms with E-state index in [2.05, 4.69) is 42.5 Å². The molecule has 0 amide bonds. The number of benzene rings is 1. The Hall–Kier alpha value is -0.913. The molecule has 1 aromatic carbocycles. The third-order valence-electron chi connectivity index (χ3n) is 3.06. The topological polar surface area (TPSA) is 35.5 Å². The molecule has 0 aliphatic carbocycles. The van der Waals surface area contributed by atoms with E-state index in [1.807, 2.05) is 36.4 Å². The summed E-state index contributed by atoms with van der Waals surface area (Å²) in [6.45, 7) is 8.43. The van der Waals surface area contributed by atoms with Gasteiger partial charge in [0.25, 0.3) is 0 Å². The van der Waals surface area contributed by atoms with Crippen LogP contribution in [0.2, 0.25) is 19.6 Å². The molecule has 0 saturated heterocycles. The molecule has 0 bridgehead atoms. The van der Waals surface area contributed by atoms with Gasteiger partial charge in [-0.2, -0.15) is 0 Å². The lowest BCUT2D eigenvalue weighted by Crippen LogP contribution is -2.37. The third-order valence-corrected chi connectivity index (χ3v) is 4.57. The van der Waals surface area contributed by atoms with Gasteiger partial charge in [0.05, 0.1) is 13.2 Å². The van der Waals surface area contributed by atoms with Crippen LogP contribution >= 0.6 is 15.9 Å². The Kier molecular flexibility index (Phi) is 7.52. The molecule has 22 heavy (non-hydrogen) atoms. The Bertz CT molecular complexity index is 506. The molecule has 0 aliphatic heterocycles. The van der Waals surface area contributed by atoms with Crippen molar-refractivity contribution in [2.24, 2.45) is 0 Å². The highest BCUT2D eigenvalue weighted by Crippen LogP contribution is 2.28. The van der Waals surface area contributed by atoms with Crippen molar-refractivity contribution in [2.75, 3.05) is 7.11 Å². The molecular weight excluding hydrogens is 360 g/mol. The number of hydrogen-bond acceptors (Lipinski definition) is 3. The Balaban J connectivity index is 3.21. The maximum absolute atomic E-state index is 12.4. The normalized spacial score (nSPS) is 14.8. The van der Waals surface area contributed by atoms with E-state index in [0.29, 0.717) is 0 Å². The van der Waals surface area contributed by atoms with Gasteiger partial charge in [-0.15, -0.1) is 0 Å². The van der Waals surface area contributed by atoms with Crippen molar-refractivity contribution in [3.05, 3.63) is 46.5 Å². The molecule has 0 unspecified atom stereocenters. The molecule has 1 aromatic rings. The average molecular weight is 385 g/mol. The maximum Gasteiger partial charge on any atom is 0.316 e. The molecule has 0 heterocycles. The van der Waals surface area contributed by atoms with Crippen LogP contribution < -0.4 is 0 Å². The maximum atomic E-state index is 12.4. The first-order valence-electron chi connectivity index (χ1n) is 7.46. The summed E-state index contributed by atoms with van der Waals surface area (Å²) in [5, 5.41) is 0. The zero-order valence-corrected chi connectivity index (χ0v) is 16.5. The van der Waals surface area contributed by atoms with Crippen LogP contribution in [0.4, 0.5) is 0 Å². The molecule has 0 aliphatic rings. The van der Waals surface area contributed by atoms with Gasteiger partial charge in [-0.25, -0.2) is 0 Å². The molecule has 5 heteroatoms. The highest BCUT2D eigenvalue weighted by Gasteiger charge is 2.33. The van der Waals surface area contributed by atoms with Gasteiger partial charge in [-0.3, -0.25) is 4.79 Å². The van der Waals surface area contributed by atoms with Crippen LogP contribution in [0.15, 0.2) is 40.9 Å². The van der Waals surface area contributed by atoms with Crippen molar-refractivity contribution < 1.29 is 14.0 Å². The Morgan fingerprint density at radius 2 is 1.86 bits per heavy atom. The number of halogens is 1. The van der Waals surface area contributed by atoms with E-state index in [9.17, 15) is 4.79 Å². The molecule has 2 atom stereocenters. The largest absolute Gasteiger partial charge is 0.468 e. The molecule has 122 valence electrons. The fraction of sp³-hybridized carbons (Fsp3) is 0.471. The number of carbonyl (C=O) groups excluding carboxylic acids is 1. The SMILES string of the molecule is CC/C=C/[C@@H](O[Si](C)(C)C)[C@@H](C(=O)OC)c1ccc(Br)cc1. The second-order valence-electron chi connectivity index (χ2n) is 6.08. The van der Waals surface area contributed by atoms with Crippen molar-refractivity contribution in [3.8, 4) is 0 Å². The smallest absolute Gasteiger partial charge is 0.316 e. The number of ether oxygens (including phenoxy) is 1. The van der Waals surface area contributed by atoms with E-state index >= 15 is 0 Å². The quantitative estimate of drug-likeness (QED) is 0.381. The summed E-state index contributed by atoms with van der Waals surface area (Å²) in [4.78, 5) is 12.4. The van der Waals surface area contributed by atoms with Crippen LogP contribution in [0, 0.1) is 0 Å². The molecule has 0 spiro atoms. The second kappa shape index (κ2) is 8.65. The molecule has 0 radical (unpaired) electrons. The van der Waals surface area contributed by atoms with Gasteiger partial charge in [0.2, 0.25) is 0 Å². The second-order valence-corrected chi connectivity index (χ2v) is 11.5. The lowest BCUT2D eigenvalue weighted by molar-refractivity contribution is -0.144. The van der Waals surface area contributed by atoms with Crippen molar-refractivity contribution in [2.45, 2.75) is 45.0 Å². The number of carbonyl (C=O) groups is 1. The standard InChI is InChI=1S/C17H25BrO3Si/c1-6-7-8-15(21-22(3,4)5)16(17(19)20-2)13-9-11-14(18)12-10-13/h7-12,15-16H,6H2,1-5H3/b8-7+/t15-,16+/m1/s1. The van der Waals surface area contributed by atoms with E-state index < -0.39 is 14.2 Å². The molecule has 0 fully saturated rings. The van der Waals surface area contributed by atoms with E-state index in [4.69, 9.17) is 9.16 Å². The van der Waals surface area contributed by atoms with Gasteiger partial charge in [0.15, 0.2) is 8.32 Å². The highest BCUT2D eigenvalue weighted by molar-refractivity contribution is 9.10. The first-order chi connectivity index (χ1) is 10.3. The minimum Gasteiger partial charge on any atom is -0.468 e. The van der Waals surface area contributed by atoms with Crippen LogP contribution in [0.25, 0.3) is 0 Å². The van der Waals surface area contributed by atoms with E-state index in [1.54, 1.807) is 0 Å². The van der Waals surface area contributed by atoms with Gasteiger partial charge in [-0.05, 0) is 43.8 Å². The van der Waals surface area contributed by atoms with Gasteiger partial charge in [0.1, 0.15) is 5.92 Å². The monoisotopic (exact) mass is 384 g/mol. The number of allylic oxidation sites excluding steroid dienone is 1. The fourth-order valence-electron chi connectivity index (χ4n) is 2.15. The number of esters is 1. The minimum absolute atomic E-state index is 0.272. The average Bonchev–Trinajstić information content (AvgIpc) is 2.45. The van der Waals surface area contributed by atoms with Gasteiger partial charge in [0, 0.05) is 4.47 Å². The molecule has 0 N–H and O–H groups in total. The highest BCUT2D eigenvalue weighted by atomic mass is 79.9. The van der Waals surface area contributed by atoms with Crippen molar-refractivity contribution >= 4 is 30.2 Å². The van der Waals surface area contributed by atoms with Crippen LogP contribution in [-0.2, 0) is 14.0 Å². The molecular formula is C17H25BrO3Si. The number of hydrogen-bond donors (Lipinski definition) is 0.